The fourth-order valence-corrected chi connectivity index (χ4v) is 2.33. The lowest BCUT2D eigenvalue weighted by atomic mass is 10.3. The molecule has 2 heterocycles. The van der Waals surface area contributed by atoms with E-state index in [0.717, 1.165) is 5.69 Å². The van der Waals surface area contributed by atoms with Gasteiger partial charge in [-0.05, 0) is 17.5 Å². The molecule has 0 radical (unpaired) electrons. The van der Waals surface area contributed by atoms with Crippen LogP contribution in [0, 0.1) is 0 Å². The number of rotatable bonds is 8. The van der Waals surface area contributed by atoms with Crippen LogP contribution in [0.4, 0.5) is 0 Å². The maximum absolute atomic E-state index is 9.77. The Morgan fingerprint density at radius 2 is 2.42 bits per heavy atom. The van der Waals surface area contributed by atoms with Crippen LogP contribution in [0.1, 0.15) is 10.6 Å². The maximum atomic E-state index is 9.77. The molecule has 0 fully saturated rings. The van der Waals surface area contributed by atoms with Crippen molar-refractivity contribution in [3.63, 3.8) is 0 Å². The molecular formula is C13H19N3O2S. The zero-order valence-electron chi connectivity index (χ0n) is 11.0. The van der Waals surface area contributed by atoms with Gasteiger partial charge in [-0.2, -0.15) is 5.10 Å². The fourth-order valence-electron chi connectivity index (χ4n) is 1.69. The lowest BCUT2D eigenvalue weighted by Crippen LogP contribution is -2.30. The minimum Gasteiger partial charge on any atom is -0.389 e. The van der Waals surface area contributed by atoms with E-state index >= 15 is 0 Å². The summed E-state index contributed by atoms with van der Waals surface area (Å²) in [5.74, 6) is 0. The van der Waals surface area contributed by atoms with E-state index in [0.29, 0.717) is 26.3 Å². The lowest BCUT2D eigenvalue weighted by molar-refractivity contribution is 0.0296. The summed E-state index contributed by atoms with van der Waals surface area (Å²) in [7, 11) is 1.90. The number of aliphatic hydroxyl groups excluding tert-OH is 1. The van der Waals surface area contributed by atoms with Crippen molar-refractivity contribution in [3.8, 4) is 0 Å². The van der Waals surface area contributed by atoms with E-state index in [1.165, 1.54) is 4.88 Å². The van der Waals surface area contributed by atoms with Crippen molar-refractivity contribution in [3.05, 3.63) is 40.3 Å². The molecule has 2 aromatic heterocycles. The number of hydrogen-bond donors (Lipinski definition) is 2. The molecule has 0 bridgehead atoms. The third-order valence-electron chi connectivity index (χ3n) is 2.74. The van der Waals surface area contributed by atoms with Crippen LogP contribution in [0.15, 0.2) is 29.8 Å². The zero-order chi connectivity index (χ0) is 13.5. The van der Waals surface area contributed by atoms with E-state index in [4.69, 9.17) is 4.74 Å². The van der Waals surface area contributed by atoms with Crippen molar-refractivity contribution in [1.29, 1.82) is 0 Å². The summed E-state index contributed by atoms with van der Waals surface area (Å²) < 4.78 is 7.27. The van der Waals surface area contributed by atoms with Gasteiger partial charge in [0.1, 0.15) is 0 Å². The molecule has 1 unspecified atom stereocenters. The summed E-state index contributed by atoms with van der Waals surface area (Å²) in [6.45, 7) is 2.11. The van der Waals surface area contributed by atoms with Gasteiger partial charge in [-0.15, -0.1) is 11.3 Å². The first-order chi connectivity index (χ1) is 9.25. The lowest BCUT2D eigenvalue weighted by Gasteiger charge is -2.12. The molecule has 0 spiro atoms. The molecular weight excluding hydrogens is 262 g/mol. The number of ether oxygens (including phenoxy) is 1. The van der Waals surface area contributed by atoms with Crippen LogP contribution in [0.2, 0.25) is 0 Å². The summed E-state index contributed by atoms with van der Waals surface area (Å²) in [5, 5.41) is 19.1. The highest BCUT2D eigenvalue weighted by molar-refractivity contribution is 7.09. The Balaban J connectivity index is 1.57. The molecule has 1 atom stereocenters. The molecule has 5 nitrogen and oxygen atoms in total. The molecule has 19 heavy (non-hydrogen) atoms. The molecule has 2 rings (SSSR count). The largest absolute Gasteiger partial charge is 0.389 e. The van der Waals surface area contributed by atoms with Gasteiger partial charge in [-0.1, -0.05) is 6.07 Å². The second-order valence-electron chi connectivity index (χ2n) is 4.33. The van der Waals surface area contributed by atoms with Crippen LogP contribution < -0.4 is 5.32 Å². The summed E-state index contributed by atoms with van der Waals surface area (Å²) in [5.41, 5.74) is 1.09. The van der Waals surface area contributed by atoms with Crippen molar-refractivity contribution in [2.75, 3.05) is 13.2 Å². The van der Waals surface area contributed by atoms with Crippen LogP contribution in [0.3, 0.4) is 0 Å². The van der Waals surface area contributed by atoms with E-state index in [1.54, 1.807) is 17.5 Å². The number of aromatic nitrogens is 2. The van der Waals surface area contributed by atoms with Gasteiger partial charge in [0.25, 0.3) is 0 Å². The summed E-state index contributed by atoms with van der Waals surface area (Å²) in [6.07, 6.45) is 1.27. The minimum atomic E-state index is -0.492. The Morgan fingerprint density at radius 3 is 3.11 bits per heavy atom. The predicted octanol–water partition coefficient (Wildman–Crippen LogP) is 1.15. The number of aryl methyl sites for hydroxylation is 1. The molecule has 0 aliphatic carbocycles. The van der Waals surface area contributed by atoms with Gasteiger partial charge in [-0.3, -0.25) is 4.68 Å². The van der Waals surface area contributed by atoms with Crippen LogP contribution >= 0.6 is 11.3 Å². The summed E-state index contributed by atoms with van der Waals surface area (Å²) >= 11 is 1.66. The van der Waals surface area contributed by atoms with Gasteiger partial charge < -0.3 is 15.2 Å². The van der Waals surface area contributed by atoms with E-state index in [-0.39, 0.29) is 0 Å². The third-order valence-corrected chi connectivity index (χ3v) is 3.59. The molecule has 0 aliphatic heterocycles. The normalized spacial score (nSPS) is 12.7. The fraction of sp³-hybridized carbons (Fsp3) is 0.462. The first-order valence-corrected chi connectivity index (χ1v) is 7.09. The smallest absolute Gasteiger partial charge is 0.0897 e. The Hall–Kier alpha value is -1.21. The van der Waals surface area contributed by atoms with Gasteiger partial charge in [-0.25, -0.2) is 0 Å². The minimum absolute atomic E-state index is 0.344. The van der Waals surface area contributed by atoms with Crippen molar-refractivity contribution in [1.82, 2.24) is 15.1 Å². The van der Waals surface area contributed by atoms with Crippen LogP contribution in [-0.2, 0) is 24.9 Å². The SMILES string of the molecule is Cn1nccc1CNCC(O)COCc1cccs1. The summed E-state index contributed by atoms with van der Waals surface area (Å²) in [6, 6.07) is 5.97. The second kappa shape index (κ2) is 7.40. The Kier molecular flexibility index (Phi) is 5.53. The predicted molar refractivity (Wildman–Crippen MR) is 74.9 cm³/mol. The summed E-state index contributed by atoms with van der Waals surface area (Å²) in [4.78, 5) is 1.18. The molecule has 0 aromatic carbocycles. The molecule has 0 saturated heterocycles. The second-order valence-corrected chi connectivity index (χ2v) is 5.36. The van der Waals surface area contributed by atoms with Gasteiger partial charge in [0.05, 0.1) is 25.0 Å². The van der Waals surface area contributed by atoms with Crippen LogP contribution in [0.5, 0.6) is 0 Å². The quantitative estimate of drug-likeness (QED) is 0.762. The third kappa shape index (κ3) is 4.76. The van der Waals surface area contributed by atoms with Crippen molar-refractivity contribution < 1.29 is 9.84 Å². The number of hydrogen-bond acceptors (Lipinski definition) is 5. The molecule has 104 valence electrons. The Bertz CT molecular complexity index is 470. The molecule has 0 aliphatic rings. The molecule has 6 heteroatoms. The monoisotopic (exact) mass is 281 g/mol. The zero-order valence-corrected chi connectivity index (χ0v) is 11.8. The van der Waals surface area contributed by atoms with Gasteiger partial charge >= 0.3 is 0 Å². The average Bonchev–Trinajstić information content (AvgIpc) is 3.02. The highest BCUT2D eigenvalue weighted by Gasteiger charge is 2.05. The maximum Gasteiger partial charge on any atom is 0.0897 e. The van der Waals surface area contributed by atoms with Gasteiger partial charge in [0.2, 0.25) is 0 Å². The Morgan fingerprint density at radius 1 is 1.53 bits per heavy atom. The van der Waals surface area contributed by atoms with Crippen molar-refractivity contribution >= 4 is 11.3 Å². The van der Waals surface area contributed by atoms with E-state index < -0.39 is 6.10 Å². The average molecular weight is 281 g/mol. The van der Waals surface area contributed by atoms with Gasteiger partial charge in [0.15, 0.2) is 0 Å². The van der Waals surface area contributed by atoms with Crippen molar-refractivity contribution in [2.24, 2.45) is 7.05 Å². The van der Waals surface area contributed by atoms with Crippen molar-refractivity contribution in [2.45, 2.75) is 19.3 Å². The van der Waals surface area contributed by atoms with Crippen LogP contribution in [0.25, 0.3) is 0 Å². The molecule has 2 N–H and O–H groups in total. The van der Waals surface area contributed by atoms with E-state index in [1.807, 2.05) is 35.3 Å². The molecule has 2 aromatic rings. The van der Waals surface area contributed by atoms with E-state index in [9.17, 15) is 5.11 Å². The number of nitrogens with one attached hydrogen (secondary N) is 1. The number of thiophene rings is 1. The first kappa shape index (κ1) is 14.2. The van der Waals surface area contributed by atoms with E-state index in [2.05, 4.69) is 10.4 Å². The highest BCUT2D eigenvalue weighted by atomic mass is 32.1. The topological polar surface area (TPSA) is 59.3 Å². The molecule has 0 saturated carbocycles. The highest BCUT2D eigenvalue weighted by Crippen LogP contribution is 2.09. The standard InChI is InChI=1S/C13H19N3O2S/c1-16-11(4-5-15-16)7-14-8-12(17)9-18-10-13-3-2-6-19-13/h2-6,12,14,17H,7-10H2,1H3. The Labute approximate surface area is 116 Å². The molecule has 0 amide bonds. The van der Waals surface area contributed by atoms with Gasteiger partial charge in [0, 0.05) is 31.2 Å². The number of nitrogens with zero attached hydrogens (tertiary/aromatic N) is 2. The van der Waals surface area contributed by atoms with Crippen LogP contribution in [-0.4, -0.2) is 34.1 Å². The number of aliphatic hydroxyl groups is 1. The first-order valence-electron chi connectivity index (χ1n) is 6.21.